The highest BCUT2D eigenvalue weighted by molar-refractivity contribution is 6.19. The van der Waals surface area contributed by atoms with E-state index in [4.69, 9.17) is 8.83 Å². The van der Waals surface area contributed by atoms with Crippen molar-refractivity contribution in [2.75, 3.05) is 4.90 Å². The minimum absolute atomic E-state index is 0.868. The highest BCUT2D eigenvalue weighted by Gasteiger charge is 2.20. The summed E-state index contributed by atoms with van der Waals surface area (Å²) in [5, 5.41) is 6.83. The van der Waals surface area contributed by atoms with Gasteiger partial charge < -0.3 is 13.7 Å². The summed E-state index contributed by atoms with van der Waals surface area (Å²) in [6.45, 7) is 0. The maximum atomic E-state index is 6.53. The second-order valence-electron chi connectivity index (χ2n) is 10.9. The molecule has 3 heteroatoms. The van der Waals surface area contributed by atoms with E-state index in [9.17, 15) is 0 Å². The molecule has 2 aromatic heterocycles. The van der Waals surface area contributed by atoms with Gasteiger partial charge in [-0.2, -0.15) is 0 Å². The summed E-state index contributed by atoms with van der Waals surface area (Å²) in [5.74, 6) is 0. The van der Waals surface area contributed by atoms with Crippen LogP contribution in [0.4, 0.5) is 17.1 Å². The highest BCUT2D eigenvalue weighted by Crippen LogP contribution is 2.44. The number of nitrogens with zero attached hydrogens (tertiary/aromatic N) is 1. The van der Waals surface area contributed by atoms with Crippen molar-refractivity contribution in [1.29, 1.82) is 0 Å². The smallest absolute Gasteiger partial charge is 0.159 e. The summed E-state index contributed by atoms with van der Waals surface area (Å²) < 4.78 is 12.7. The van der Waals surface area contributed by atoms with E-state index in [1.807, 2.05) is 30.3 Å². The Hall–Kier alpha value is -5.80. The van der Waals surface area contributed by atoms with Crippen LogP contribution in [0.3, 0.4) is 0 Å². The van der Waals surface area contributed by atoms with Gasteiger partial charge in [-0.1, -0.05) is 103 Å². The first-order valence-corrected chi connectivity index (χ1v) is 14.5. The molecule has 0 amide bonds. The van der Waals surface area contributed by atoms with Gasteiger partial charge in [0.15, 0.2) is 5.58 Å². The van der Waals surface area contributed by atoms with E-state index >= 15 is 0 Å². The lowest BCUT2D eigenvalue weighted by molar-refractivity contribution is 0.669. The van der Waals surface area contributed by atoms with Gasteiger partial charge in [0.05, 0.1) is 5.69 Å². The molecule has 0 N–H and O–H groups in total. The van der Waals surface area contributed by atoms with Gasteiger partial charge in [0.25, 0.3) is 0 Å². The largest absolute Gasteiger partial charge is 0.456 e. The first-order chi connectivity index (χ1) is 21.3. The third-order valence-corrected chi connectivity index (χ3v) is 8.46. The molecular weight excluding hydrogens is 526 g/mol. The van der Waals surface area contributed by atoms with Gasteiger partial charge in [0.1, 0.15) is 16.7 Å². The summed E-state index contributed by atoms with van der Waals surface area (Å²) in [7, 11) is 0. The van der Waals surface area contributed by atoms with E-state index in [2.05, 4.69) is 126 Å². The Balaban J connectivity index is 1.27. The molecule has 43 heavy (non-hydrogen) atoms. The summed E-state index contributed by atoms with van der Waals surface area (Å²) in [5.41, 5.74) is 9.05. The van der Waals surface area contributed by atoms with Crippen LogP contribution in [0.25, 0.3) is 65.8 Å². The molecule has 0 aliphatic rings. The summed E-state index contributed by atoms with van der Waals surface area (Å²) >= 11 is 0. The first kappa shape index (κ1) is 23.9. The van der Waals surface area contributed by atoms with Crippen LogP contribution in [0.5, 0.6) is 0 Å². The Kier molecular flexibility index (Phi) is 5.20. The maximum Gasteiger partial charge on any atom is 0.159 e. The third kappa shape index (κ3) is 3.75. The van der Waals surface area contributed by atoms with Crippen LogP contribution in [-0.2, 0) is 0 Å². The van der Waals surface area contributed by atoms with Gasteiger partial charge in [0, 0.05) is 32.9 Å². The summed E-state index contributed by atoms with van der Waals surface area (Å²) in [6.07, 6.45) is 0. The van der Waals surface area contributed by atoms with Crippen LogP contribution in [0.1, 0.15) is 0 Å². The topological polar surface area (TPSA) is 29.5 Å². The Morgan fingerprint density at radius 1 is 0.395 bits per heavy atom. The van der Waals surface area contributed by atoms with Gasteiger partial charge >= 0.3 is 0 Å². The standard InChI is InChI=1S/C40H25NO2/c1-2-9-26(10-3-1)27-17-20-29(21-18-27)41(35-14-8-13-33-32-11-4-6-15-36(32)43-40(33)35)30-22-23-31-28(25-30)19-24-38-39(31)34-12-5-7-16-37(34)42-38/h1-25H. The van der Waals surface area contributed by atoms with Crippen molar-refractivity contribution in [2.24, 2.45) is 0 Å². The lowest BCUT2D eigenvalue weighted by atomic mass is 10.0. The van der Waals surface area contributed by atoms with E-state index in [0.717, 1.165) is 66.3 Å². The predicted molar refractivity (Wildman–Crippen MR) is 179 cm³/mol. The lowest BCUT2D eigenvalue weighted by Gasteiger charge is -2.26. The first-order valence-electron chi connectivity index (χ1n) is 14.5. The Morgan fingerprint density at radius 3 is 1.91 bits per heavy atom. The molecule has 0 atom stereocenters. The molecule has 0 saturated carbocycles. The monoisotopic (exact) mass is 551 g/mol. The van der Waals surface area contributed by atoms with Crippen molar-refractivity contribution in [2.45, 2.75) is 0 Å². The molecule has 0 aliphatic heterocycles. The number of anilines is 3. The van der Waals surface area contributed by atoms with Crippen LogP contribution in [0.2, 0.25) is 0 Å². The van der Waals surface area contributed by atoms with Gasteiger partial charge in [0.2, 0.25) is 0 Å². The minimum atomic E-state index is 0.868. The van der Waals surface area contributed by atoms with E-state index in [0.29, 0.717) is 0 Å². The molecule has 0 bridgehead atoms. The zero-order valence-corrected chi connectivity index (χ0v) is 23.2. The summed E-state index contributed by atoms with van der Waals surface area (Å²) in [4.78, 5) is 2.30. The molecule has 0 saturated heterocycles. The molecule has 202 valence electrons. The number of para-hydroxylation sites is 3. The zero-order valence-electron chi connectivity index (χ0n) is 23.2. The summed E-state index contributed by atoms with van der Waals surface area (Å²) in [6, 6.07) is 53.1. The van der Waals surface area contributed by atoms with Crippen LogP contribution >= 0.6 is 0 Å². The average molecular weight is 552 g/mol. The lowest BCUT2D eigenvalue weighted by Crippen LogP contribution is -2.10. The Labute approximate surface area is 247 Å². The van der Waals surface area contributed by atoms with Crippen molar-refractivity contribution < 1.29 is 8.83 Å². The molecule has 2 heterocycles. The number of benzene rings is 7. The number of hydrogen-bond acceptors (Lipinski definition) is 3. The minimum Gasteiger partial charge on any atom is -0.456 e. The quantitative estimate of drug-likeness (QED) is 0.218. The second kappa shape index (κ2) is 9.37. The molecular formula is C40H25NO2. The molecule has 0 radical (unpaired) electrons. The van der Waals surface area contributed by atoms with Crippen molar-refractivity contribution in [3.05, 3.63) is 152 Å². The van der Waals surface area contributed by atoms with Crippen LogP contribution in [0, 0.1) is 0 Å². The fourth-order valence-corrected chi connectivity index (χ4v) is 6.45. The predicted octanol–water partition coefficient (Wildman–Crippen LogP) is 11.8. The average Bonchev–Trinajstić information content (AvgIpc) is 3.65. The van der Waals surface area contributed by atoms with Crippen LogP contribution in [0.15, 0.2) is 160 Å². The van der Waals surface area contributed by atoms with E-state index in [1.165, 1.54) is 16.5 Å². The molecule has 0 aliphatic carbocycles. The Bertz CT molecular complexity index is 2450. The van der Waals surface area contributed by atoms with Crippen LogP contribution < -0.4 is 4.90 Å². The normalized spacial score (nSPS) is 11.7. The number of fused-ring (bicyclic) bond motifs is 8. The molecule has 3 nitrogen and oxygen atoms in total. The fourth-order valence-electron chi connectivity index (χ4n) is 6.45. The Morgan fingerprint density at radius 2 is 1.07 bits per heavy atom. The second-order valence-corrected chi connectivity index (χ2v) is 10.9. The van der Waals surface area contributed by atoms with Crippen molar-refractivity contribution in [3.63, 3.8) is 0 Å². The maximum absolute atomic E-state index is 6.53. The molecule has 0 unspecified atom stereocenters. The van der Waals surface area contributed by atoms with Gasteiger partial charge in [-0.25, -0.2) is 0 Å². The van der Waals surface area contributed by atoms with Crippen molar-refractivity contribution in [3.8, 4) is 11.1 Å². The van der Waals surface area contributed by atoms with E-state index < -0.39 is 0 Å². The van der Waals surface area contributed by atoms with E-state index in [1.54, 1.807) is 0 Å². The molecule has 9 aromatic rings. The SMILES string of the molecule is c1ccc(-c2ccc(N(c3ccc4c(ccc5oc6ccccc6c54)c3)c3cccc4c3oc3ccccc34)cc2)cc1. The van der Waals surface area contributed by atoms with Gasteiger partial charge in [-0.05, 0) is 70.4 Å². The zero-order chi connectivity index (χ0) is 28.3. The van der Waals surface area contributed by atoms with Crippen LogP contribution in [-0.4, -0.2) is 0 Å². The van der Waals surface area contributed by atoms with Gasteiger partial charge in [-0.3, -0.25) is 0 Å². The molecule has 0 spiro atoms. The van der Waals surface area contributed by atoms with Crippen molar-refractivity contribution in [1.82, 2.24) is 0 Å². The van der Waals surface area contributed by atoms with Gasteiger partial charge in [-0.15, -0.1) is 0 Å². The highest BCUT2D eigenvalue weighted by atomic mass is 16.3. The fraction of sp³-hybridized carbons (Fsp3) is 0. The molecule has 0 fully saturated rings. The molecule has 7 aromatic carbocycles. The number of hydrogen-bond donors (Lipinski definition) is 0. The van der Waals surface area contributed by atoms with E-state index in [-0.39, 0.29) is 0 Å². The third-order valence-electron chi connectivity index (χ3n) is 8.46. The number of rotatable bonds is 4. The number of furan rings is 2. The molecule has 9 rings (SSSR count). The van der Waals surface area contributed by atoms with Crippen molar-refractivity contribution >= 4 is 71.7 Å².